The zero-order valence-electron chi connectivity index (χ0n) is 22.2. The smallest absolute Gasteiger partial charge is 0.254 e. The molecule has 0 radical (unpaired) electrons. The maximum Gasteiger partial charge on any atom is 0.254 e. The fourth-order valence-electron chi connectivity index (χ4n) is 10.2. The van der Waals surface area contributed by atoms with E-state index < -0.39 is 5.60 Å². The quantitative estimate of drug-likeness (QED) is 0.601. The maximum atomic E-state index is 13.4. The van der Waals surface area contributed by atoms with Crippen LogP contribution in [-0.4, -0.2) is 41.3 Å². The Labute approximate surface area is 216 Å². The van der Waals surface area contributed by atoms with Crippen LogP contribution in [0.15, 0.2) is 18.2 Å². The lowest BCUT2D eigenvalue weighted by Crippen LogP contribution is -2.53. The standard InChI is InChI=1S/C31H42N2O3/c1-19(33-17-22-14-20(16-32)4-6-24(22)29(33)34)27-8-9-28-26-7-5-21-15-31(35,18-36-3)13-11-23(21)25(26)10-12-30(27,28)2/h4,6,14,19,21,23,25-28,35H,5,7-13,15,17-18H2,1-3H3/t19-,21-,23+,25-,26-,27?,28+,30-,31-/m1/s1. The predicted molar refractivity (Wildman–Crippen MR) is 138 cm³/mol. The molecule has 36 heavy (non-hydrogen) atoms. The van der Waals surface area contributed by atoms with Gasteiger partial charge in [0.2, 0.25) is 0 Å². The highest BCUT2D eigenvalue weighted by molar-refractivity contribution is 5.98. The van der Waals surface area contributed by atoms with Crippen molar-refractivity contribution in [3.05, 3.63) is 34.9 Å². The second-order valence-corrected chi connectivity index (χ2v) is 13.2. The van der Waals surface area contributed by atoms with Crippen LogP contribution in [0.25, 0.3) is 0 Å². The van der Waals surface area contributed by atoms with Crippen molar-refractivity contribution < 1.29 is 14.6 Å². The number of hydrogen-bond donors (Lipinski definition) is 1. The monoisotopic (exact) mass is 490 g/mol. The van der Waals surface area contributed by atoms with E-state index in [4.69, 9.17) is 4.74 Å². The molecule has 4 saturated carbocycles. The van der Waals surface area contributed by atoms with E-state index in [1.165, 1.54) is 38.5 Å². The van der Waals surface area contributed by atoms with Crippen molar-refractivity contribution in [3.8, 4) is 6.07 Å². The van der Waals surface area contributed by atoms with Crippen LogP contribution in [0, 0.1) is 52.3 Å². The summed E-state index contributed by atoms with van der Waals surface area (Å²) in [6, 6.07) is 7.97. The normalized spacial score (nSPS) is 42.2. The number of hydrogen-bond acceptors (Lipinski definition) is 4. The van der Waals surface area contributed by atoms with Crippen LogP contribution in [0.1, 0.15) is 93.1 Å². The summed E-state index contributed by atoms with van der Waals surface area (Å²) in [7, 11) is 1.71. The van der Waals surface area contributed by atoms with Gasteiger partial charge in [0.05, 0.1) is 23.8 Å². The van der Waals surface area contributed by atoms with Crippen molar-refractivity contribution in [1.82, 2.24) is 4.90 Å². The molecule has 194 valence electrons. The van der Waals surface area contributed by atoms with Crippen LogP contribution in [0.4, 0.5) is 0 Å². The number of nitriles is 1. The Hall–Kier alpha value is -1.90. The van der Waals surface area contributed by atoms with Gasteiger partial charge in [0.15, 0.2) is 0 Å². The van der Waals surface area contributed by atoms with Gasteiger partial charge in [0.25, 0.3) is 5.91 Å². The molecule has 9 atom stereocenters. The molecule has 4 aliphatic carbocycles. The van der Waals surface area contributed by atoms with Gasteiger partial charge in [-0.15, -0.1) is 0 Å². The van der Waals surface area contributed by atoms with Crippen molar-refractivity contribution in [2.45, 2.75) is 89.8 Å². The van der Waals surface area contributed by atoms with Crippen molar-refractivity contribution in [2.75, 3.05) is 13.7 Å². The van der Waals surface area contributed by atoms with Gasteiger partial charge in [0, 0.05) is 25.3 Å². The van der Waals surface area contributed by atoms with Gasteiger partial charge in [-0.05, 0) is 129 Å². The summed E-state index contributed by atoms with van der Waals surface area (Å²) < 4.78 is 5.36. The van der Waals surface area contributed by atoms with Crippen molar-refractivity contribution >= 4 is 5.91 Å². The number of carbonyl (C=O) groups is 1. The minimum atomic E-state index is -0.617. The summed E-state index contributed by atoms with van der Waals surface area (Å²) in [4.78, 5) is 15.5. The van der Waals surface area contributed by atoms with E-state index in [0.29, 0.717) is 36.0 Å². The summed E-state index contributed by atoms with van der Waals surface area (Å²) >= 11 is 0. The summed E-state index contributed by atoms with van der Waals surface area (Å²) in [5, 5.41) is 20.3. The third-order valence-electron chi connectivity index (χ3n) is 11.7. The van der Waals surface area contributed by atoms with Crippen LogP contribution < -0.4 is 0 Å². The molecular weight excluding hydrogens is 448 g/mol. The second-order valence-electron chi connectivity index (χ2n) is 13.2. The third-order valence-corrected chi connectivity index (χ3v) is 11.7. The lowest BCUT2D eigenvalue weighted by Gasteiger charge is -2.57. The maximum absolute atomic E-state index is 13.4. The lowest BCUT2D eigenvalue weighted by molar-refractivity contribution is -0.126. The van der Waals surface area contributed by atoms with Gasteiger partial charge in [-0.25, -0.2) is 0 Å². The molecule has 5 aliphatic rings. The van der Waals surface area contributed by atoms with Gasteiger partial charge in [-0.3, -0.25) is 4.79 Å². The second kappa shape index (κ2) is 8.84. The van der Waals surface area contributed by atoms with Crippen LogP contribution in [0.5, 0.6) is 0 Å². The third kappa shape index (κ3) is 3.66. The Morgan fingerprint density at radius 1 is 1.14 bits per heavy atom. The van der Waals surface area contributed by atoms with Gasteiger partial charge in [0.1, 0.15) is 0 Å². The number of nitrogens with zero attached hydrogens (tertiary/aromatic N) is 2. The molecular formula is C31H42N2O3. The van der Waals surface area contributed by atoms with E-state index in [-0.39, 0.29) is 11.9 Å². The molecule has 1 aromatic rings. The first-order valence-corrected chi connectivity index (χ1v) is 14.3. The highest BCUT2D eigenvalue weighted by Gasteiger charge is 2.59. The summed E-state index contributed by atoms with van der Waals surface area (Å²) in [6.07, 6.45) is 10.6. The van der Waals surface area contributed by atoms with E-state index in [9.17, 15) is 15.2 Å². The molecule has 1 amide bonds. The minimum absolute atomic E-state index is 0.147. The Kier molecular flexibility index (Phi) is 6.00. The average Bonchev–Trinajstić information content (AvgIpc) is 3.39. The van der Waals surface area contributed by atoms with E-state index in [0.717, 1.165) is 54.1 Å². The van der Waals surface area contributed by atoms with E-state index >= 15 is 0 Å². The molecule has 1 heterocycles. The molecule has 1 aliphatic heterocycles. The largest absolute Gasteiger partial charge is 0.387 e. The first-order chi connectivity index (χ1) is 17.3. The molecule has 4 fully saturated rings. The van der Waals surface area contributed by atoms with Crippen LogP contribution in [0.3, 0.4) is 0 Å². The molecule has 1 unspecified atom stereocenters. The van der Waals surface area contributed by atoms with Crippen molar-refractivity contribution in [1.29, 1.82) is 5.26 Å². The van der Waals surface area contributed by atoms with Crippen LogP contribution in [0.2, 0.25) is 0 Å². The number of fused-ring (bicyclic) bond motifs is 6. The molecule has 0 bridgehead atoms. The van der Waals surface area contributed by atoms with Gasteiger partial charge >= 0.3 is 0 Å². The number of aliphatic hydroxyl groups is 1. The first-order valence-electron chi connectivity index (χ1n) is 14.3. The highest BCUT2D eigenvalue weighted by Crippen LogP contribution is 2.65. The number of ether oxygens (including phenoxy) is 1. The van der Waals surface area contributed by atoms with E-state index in [1.54, 1.807) is 13.2 Å². The fraction of sp³-hybridized carbons (Fsp3) is 0.742. The van der Waals surface area contributed by atoms with E-state index in [2.05, 4.69) is 24.8 Å². The summed E-state index contributed by atoms with van der Waals surface area (Å²) in [5.41, 5.74) is 2.12. The summed E-state index contributed by atoms with van der Waals surface area (Å²) in [5.74, 6) is 4.48. The average molecular weight is 491 g/mol. The van der Waals surface area contributed by atoms with Gasteiger partial charge in [-0.2, -0.15) is 5.26 Å². The highest BCUT2D eigenvalue weighted by atomic mass is 16.5. The SMILES string of the molecule is COC[C@@]1(O)CC[C@H]2[C@H](CC[C@@H]3[C@@H]2CC[C@]2(C)C([C@@H](C)N4Cc5cc(C#N)ccc5C4=O)CC[C@@H]32)C1. The fourth-order valence-corrected chi connectivity index (χ4v) is 10.2. The molecule has 6 rings (SSSR count). The Balaban J connectivity index is 1.18. The van der Waals surface area contributed by atoms with Gasteiger partial charge in [-0.1, -0.05) is 6.92 Å². The van der Waals surface area contributed by atoms with Crippen LogP contribution >= 0.6 is 0 Å². The molecule has 5 nitrogen and oxygen atoms in total. The zero-order chi connectivity index (χ0) is 25.2. The molecule has 0 spiro atoms. The van der Waals surface area contributed by atoms with E-state index in [1.807, 2.05) is 12.1 Å². The summed E-state index contributed by atoms with van der Waals surface area (Å²) in [6.45, 7) is 5.95. The molecule has 1 N–H and O–H groups in total. The lowest BCUT2D eigenvalue weighted by atomic mass is 9.48. The molecule has 0 aromatic heterocycles. The molecule has 5 heteroatoms. The minimum Gasteiger partial charge on any atom is -0.387 e. The number of carbonyl (C=O) groups excluding carboxylic acids is 1. The number of amides is 1. The molecule has 1 aromatic carbocycles. The topological polar surface area (TPSA) is 73.6 Å². The Morgan fingerprint density at radius 3 is 2.72 bits per heavy atom. The number of rotatable bonds is 4. The van der Waals surface area contributed by atoms with Crippen LogP contribution in [-0.2, 0) is 11.3 Å². The zero-order valence-corrected chi connectivity index (χ0v) is 22.2. The Bertz CT molecular complexity index is 1080. The number of benzene rings is 1. The first kappa shape index (κ1) is 24.4. The Morgan fingerprint density at radius 2 is 1.94 bits per heavy atom. The predicted octanol–water partition coefficient (Wildman–Crippen LogP) is 5.55. The molecule has 0 saturated heterocycles. The van der Waals surface area contributed by atoms with Crippen molar-refractivity contribution in [3.63, 3.8) is 0 Å². The number of methoxy groups -OCH3 is 1. The van der Waals surface area contributed by atoms with Gasteiger partial charge < -0.3 is 14.7 Å². The van der Waals surface area contributed by atoms with Crippen molar-refractivity contribution in [2.24, 2.45) is 40.9 Å².